The Morgan fingerprint density at radius 2 is 2.19 bits per heavy atom. The second-order valence-corrected chi connectivity index (χ2v) is 6.16. The van der Waals surface area contributed by atoms with Crippen LogP contribution in [0.15, 0.2) is 24.8 Å². The van der Waals surface area contributed by atoms with Gasteiger partial charge < -0.3 is 9.88 Å². The Bertz CT molecular complexity index is 813. The second-order valence-electron chi connectivity index (χ2n) is 4.89. The molecule has 110 valence electrons. The molecule has 0 spiro atoms. The van der Waals surface area contributed by atoms with Gasteiger partial charge in [0.1, 0.15) is 11.2 Å². The summed E-state index contributed by atoms with van der Waals surface area (Å²) < 4.78 is 1.86. The third kappa shape index (κ3) is 2.64. The molecule has 0 aliphatic carbocycles. The Balaban J connectivity index is 0.00000176. The highest BCUT2D eigenvalue weighted by Gasteiger charge is 2.15. The smallest absolute Gasteiger partial charge is 0.270 e. The van der Waals surface area contributed by atoms with Crippen molar-refractivity contribution in [2.24, 2.45) is 7.05 Å². The normalized spacial score (nSPS) is 12.5. The van der Waals surface area contributed by atoms with Crippen LogP contribution in [0.2, 0.25) is 0 Å². The topological polar surface area (TPSA) is 72.7 Å². The van der Waals surface area contributed by atoms with Crippen molar-refractivity contribution in [2.45, 2.75) is 19.9 Å². The summed E-state index contributed by atoms with van der Waals surface area (Å²) in [6.45, 7) is 3.88. The maximum Gasteiger partial charge on any atom is 0.270 e. The van der Waals surface area contributed by atoms with E-state index in [0.717, 1.165) is 20.9 Å². The lowest BCUT2D eigenvalue weighted by molar-refractivity contribution is 0.0935. The van der Waals surface area contributed by atoms with Crippen molar-refractivity contribution >= 4 is 28.3 Å². The molecule has 0 aliphatic heterocycles. The molecule has 0 saturated carbocycles. The molecule has 3 rings (SSSR count). The molecule has 0 fully saturated rings. The van der Waals surface area contributed by atoms with E-state index >= 15 is 0 Å². The Hall–Kier alpha value is -2.28. The van der Waals surface area contributed by atoms with Gasteiger partial charge in [-0.15, -0.1) is 11.3 Å². The van der Waals surface area contributed by atoms with Crippen LogP contribution >= 0.6 is 11.3 Å². The molecule has 21 heavy (non-hydrogen) atoms. The minimum atomic E-state index is -0.198. The minimum absolute atomic E-state index is 0. The average molecular weight is 303 g/mol. The van der Waals surface area contributed by atoms with Gasteiger partial charge in [-0.05, 0) is 19.9 Å². The van der Waals surface area contributed by atoms with E-state index in [4.69, 9.17) is 0 Å². The standard InChI is InChI=1S/C14H15N5OS.H2/c1-8(13-6-15-9(2)21-13)18-14(20)10-4-12-11(5-16-10)17-7-19(12)3;/h4-8H,1-3H3,(H,18,20);1H. The lowest BCUT2D eigenvalue weighted by Crippen LogP contribution is -2.26. The summed E-state index contributed by atoms with van der Waals surface area (Å²) in [5.74, 6) is -0.198. The Labute approximate surface area is 127 Å². The number of nitrogens with one attached hydrogen (secondary N) is 1. The Morgan fingerprint density at radius 3 is 2.90 bits per heavy atom. The number of carbonyl (C=O) groups excluding carboxylic acids is 1. The second kappa shape index (κ2) is 5.25. The highest BCUT2D eigenvalue weighted by atomic mass is 32.1. The van der Waals surface area contributed by atoms with E-state index in [-0.39, 0.29) is 13.4 Å². The number of hydrogen-bond donors (Lipinski definition) is 1. The molecule has 1 N–H and O–H groups in total. The van der Waals surface area contributed by atoms with Gasteiger partial charge in [-0.2, -0.15) is 0 Å². The van der Waals surface area contributed by atoms with Crippen molar-refractivity contribution in [1.29, 1.82) is 0 Å². The van der Waals surface area contributed by atoms with Crippen LogP contribution in [0.25, 0.3) is 11.0 Å². The monoisotopic (exact) mass is 303 g/mol. The number of amides is 1. The van der Waals surface area contributed by atoms with Gasteiger partial charge in [0.15, 0.2) is 0 Å². The Morgan fingerprint density at radius 1 is 1.38 bits per heavy atom. The van der Waals surface area contributed by atoms with Gasteiger partial charge in [-0.25, -0.2) is 15.0 Å². The van der Waals surface area contributed by atoms with Gasteiger partial charge in [0.25, 0.3) is 5.91 Å². The number of thiazole rings is 1. The van der Waals surface area contributed by atoms with Crippen molar-refractivity contribution in [1.82, 2.24) is 24.8 Å². The minimum Gasteiger partial charge on any atom is -0.343 e. The lowest BCUT2D eigenvalue weighted by atomic mass is 10.2. The van der Waals surface area contributed by atoms with Gasteiger partial charge >= 0.3 is 0 Å². The fourth-order valence-corrected chi connectivity index (χ4v) is 2.86. The number of carbonyl (C=O) groups is 1. The van der Waals surface area contributed by atoms with Crippen molar-refractivity contribution in [2.75, 3.05) is 0 Å². The van der Waals surface area contributed by atoms with E-state index < -0.39 is 0 Å². The summed E-state index contributed by atoms with van der Waals surface area (Å²) in [6, 6.07) is 1.66. The van der Waals surface area contributed by atoms with Crippen LogP contribution in [-0.2, 0) is 7.05 Å². The zero-order valence-electron chi connectivity index (χ0n) is 12.0. The molecule has 1 atom stereocenters. The molecule has 6 nitrogen and oxygen atoms in total. The summed E-state index contributed by atoms with van der Waals surface area (Å²) in [5, 5.41) is 3.93. The van der Waals surface area contributed by atoms with Gasteiger partial charge in [-0.3, -0.25) is 4.79 Å². The molecule has 0 radical (unpaired) electrons. The molecule has 0 aliphatic rings. The molecule has 0 aromatic carbocycles. The highest BCUT2D eigenvalue weighted by Crippen LogP contribution is 2.20. The van der Waals surface area contributed by atoms with E-state index in [0.29, 0.717) is 5.69 Å². The number of fused-ring (bicyclic) bond motifs is 1. The quantitative estimate of drug-likeness (QED) is 0.806. The van der Waals surface area contributed by atoms with Crippen LogP contribution in [-0.4, -0.2) is 25.4 Å². The summed E-state index contributed by atoms with van der Waals surface area (Å²) in [6.07, 6.45) is 5.12. The number of pyridine rings is 1. The molecule has 0 bridgehead atoms. The first-order chi connectivity index (χ1) is 10.0. The van der Waals surface area contributed by atoms with Crippen LogP contribution in [0.4, 0.5) is 0 Å². The van der Waals surface area contributed by atoms with Crippen molar-refractivity contribution < 1.29 is 6.22 Å². The van der Waals surface area contributed by atoms with Gasteiger partial charge in [0.05, 0.1) is 29.1 Å². The largest absolute Gasteiger partial charge is 0.343 e. The van der Waals surface area contributed by atoms with Crippen molar-refractivity contribution in [3.05, 3.63) is 40.4 Å². The van der Waals surface area contributed by atoms with Crippen LogP contribution in [0.5, 0.6) is 0 Å². The fraction of sp³-hybridized carbons (Fsp3) is 0.286. The molecule has 7 heteroatoms. The van der Waals surface area contributed by atoms with Crippen molar-refractivity contribution in [3.8, 4) is 0 Å². The number of rotatable bonds is 3. The summed E-state index contributed by atoms with van der Waals surface area (Å²) >= 11 is 1.58. The van der Waals surface area contributed by atoms with Crippen molar-refractivity contribution in [3.63, 3.8) is 0 Å². The molecule has 3 aromatic heterocycles. The average Bonchev–Trinajstić information content (AvgIpc) is 3.05. The van der Waals surface area contributed by atoms with Gasteiger partial charge in [0, 0.05) is 19.5 Å². The maximum atomic E-state index is 12.3. The van der Waals surface area contributed by atoms with Gasteiger partial charge in [-0.1, -0.05) is 0 Å². The summed E-state index contributed by atoms with van der Waals surface area (Å²) in [7, 11) is 1.89. The fourth-order valence-electron chi connectivity index (χ4n) is 2.07. The first kappa shape index (κ1) is 13.7. The number of aromatic nitrogens is 4. The molecule has 0 saturated heterocycles. The third-order valence-electron chi connectivity index (χ3n) is 3.26. The molecule has 1 amide bonds. The van der Waals surface area contributed by atoms with E-state index in [1.807, 2.05) is 25.5 Å². The van der Waals surface area contributed by atoms with E-state index in [9.17, 15) is 4.79 Å². The maximum absolute atomic E-state index is 12.3. The van der Waals surface area contributed by atoms with E-state index in [2.05, 4.69) is 20.3 Å². The molecule has 1 unspecified atom stereocenters. The van der Waals surface area contributed by atoms with Crippen LogP contribution in [0.1, 0.15) is 34.8 Å². The number of hydrogen-bond acceptors (Lipinski definition) is 5. The molecule has 3 heterocycles. The Kier molecular flexibility index (Phi) is 3.42. The lowest BCUT2D eigenvalue weighted by Gasteiger charge is -2.11. The van der Waals surface area contributed by atoms with Crippen LogP contribution in [0.3, 0.4) is 0 Å². The summed E-state index contributed by atoms with van der Waals surface area (Å²) in [5.41, 5.74) is 2.05. The van der Waals surface area contributed by atoms with E-state index in [1.165, 1.54) is 0 Å². The number of imidazole rings is 1. The van der Waals surface area contributed by atoms with E-state index in [1.54, 1.807) is 36.1 Å². The predicted octanol–water partition coefficient (Wildman–Crippen LogP) is 2.47. The molecular formula is C14H17N5OS. The first-order valence-electron chi connectivity index (χ1n) is 6.55. The first-order valence-corrected chi connectivity index (χ1v) is 7.36. The number of aryl methyl sites for hydroxylation is 2. The zero-order chi connectivity index (χ0) is 15.0. The highest BCUT2D eigenvalue weighted by molar-refractivity contribution is 7.11. The van der Waals surface area contributed by atoms with Crippen LogP contribution in [0, 0.1) is 6.92 Å². The summed E-state index contributed by atoms with van der Waals surface area (Å²) in [4.78, 5) is 25.9. The van der Waals surface area contributed by atoms with Gasteiger partial charge in [0.2, 0.25) is 0 Å². The third-order valence-corrected chi connectivity index (χ3v) is 4.35. The van der Waals surface area contributed by atoms with Crippen LogP contribution < -0.4 is 5.32 Å². The zero-order valence-corrected chi connectivity index (χ0v) is 12.8. The number of nitrogens with zero attached hydrogens (tertiary/aromatic N) is 4. The SMILES string of the molecule is Cc1ncc(C(C)NC(=O)c2cc3c(cn2)ncn3C)s1.[HH]. The molecular weight excluding hydrogens is 286 g/mol. The molecule has 3 aromatic rings. The predicted molar refractivity (Wildman–Crippen MR) is 83.4 cm³/mol.